The summed E-state index contributed by atoms with van der Waals surface area (Å²) in [5.74, 6) is 0.425. The first-order valence-electron chi connectivity index (χ1n) is 8.53. The summed E-state index contributed by atoms with van der Waals surface area (Å²) in [6, 6.07) is 5.71. The second-order valence-electron chi connectivity index (χ2n) is 6.30. The first-order chi connectivity index (χ1) is 12.7. The maximum absolute atomic E-state index is 12.2. The van der Waals surface area contributed by atoms with E-state index in [0.717, 1.165) is 35.2 Å². The van der Waals surface area contributed by atoms with Crippen molar-refractivity contribution in [3.8, 4) is 11.3 Å². The molecule has 1 N–H and O–H groups in total. The predicted octanol–water partition coefficient (Wildman–Crippen LogP) is 1.30. The molecular weight excluding hydrogens is 332 g/mol. The van der Waals surface area contributed by atoms with E-state index in [4.69, 9.17) is 4.74 Å². The highest BCUT2D eigenvalue weighted by Crippen LogP contribution is 2.21. The molecule has 8 heteroatoms. The second-order valence-corrected chi connectivity index (χ2v) is 6.30. The lowest BCUT2D eigenvalue weighted by molar-refractivity contribution is -0.118. The van der Waals surface area contributed by atoms with Gasteiger partial charge in [0.2, 0.25) is 5.91 Å². The molecule has 4 heterocycles. The smallest absolute Gasteiger partial charge is 0.239 e. The largest absolute Gasteiger partial charge is 0.379 e. The number of hydrogen-bond acceptors (Lipinski definition) is 6. The fourth-order valence-electron chi connectivity index (χ4n) is 2.94. The van der Waals surface area contributed by atoms with Gasteiger partial charge in [-0.05, 0) is 12.1 Å². The number of ether oxygens (including phenoxy) is 1. The average Bonchev–Trinajstić information content (AvgIpc) is 3.08. The van der Waals surface area contributed by atoms with Crippen LogP contribution in [0, 0.1) is 0 Å². The third kappa shape index (κ3) is 3.71. The van der Waals surface area contributed by atoms with Crippen LogP contribution >= 0.6 is 0 Å². The van der Waals surface area contributed by atoms with Crippen LogP contribution in [0.25, 0.3) is 22.2 Å². The molecule has 26 heavy (non-hydrogen) atoms. The van der Waals surface area contributed by atoms with Gasteiger partial charge < -0.3 is 10.1 Å². The number of rotatable bonds is 4. The molecule has 0 aromatic carbocycles. The quantitative estimate of drug-likeness (QED) is 0.762. The van der Waals surface area contributed by atoms with Gasteiger partial charge in [-0.2, -0.15) is 5.10 Å². The molecule has 0 bridgehead atoms. The molecule has 3 aromatic rings. The number of carbonyl (C=O) groups excluding carboxylic acids is 1. The highest BCUT2D eigenvalue weighted by Gasteiger charge is 2.14. The Morgan fingerprint density at radius 2 is 2.12 bits per heavy atom. The van der Waals surface area contributed by atoms with Crippen LogP contribution in [0.2, 0.25) is 0 Å². The van der Waals surface area contributed by atoms with Crippen molar-refractivity contribution < 1.29 is 9.53 Å². The molecule has 0 saturated carbocycles. The number of hydrogen-bond donors (Lipinski definition) is 1. The molecule has 134 valence electrons. The summed E-state index contributed by atoms with van der Waals surface area (Å²) in [6.45, 7) is 3.22. The molecule has 1 amide bonds. The van der Waals surface area contributed by atoms with E-state index in [9.17, 15) is 4.79 Å². The average molecular weight is 352 g/mol. The SMILES string of the molecule is Cn1cc(-c2ccc3cnc(NC(=O)CN4CCOCC4)cc3n2)cn1. The zero-order valence-corrected chi connectivity index (χ0v) is 14.6. The molecular formula is C18H20N6O2. The minimum atomic E-state index is -0.0813. The molecule has 8 nitrogen and oxygen atoms in total. The Morgan fingerprint density at radius 1 is 1.27 bits per heavy atom. The van der Waals surface area contributed by atoms with Crippen LogP contribution in [-0.2, 0) is 16.6 Å². The van der Waals surface area contributed by atoms with Gasteiger partial charge in [-0.15, -0.1) is 0 Å². The lowest BCUT2D eigenvalue weighted by Gasteiger charge is -2.25. The van der Waals surface area contributed by atoms with Gasteiger partial charge in [0.25, 0.3) is 0 Å². The Balaban J connectivity index is 1.51. The fraction of sp³-hybridized carbons (Fsp3) is 0.333. The Hall–Kier alpha value is -2.84. The first-order valence-corrected chi connectivity index (χ1v) is 8.53. The normalized spacial score (nSPS) is 15.3. The van der Waals surface area contributed by atoms with Crippen LogP contribution in [0.1, 0.15) is 0 Å². The predicted molar refractivity (Wildman–Crippen MR) is 97.6 cm³/mol. The molecule has 1 aliphatic rings. The Kier molecular flexibility index (Phi) is 4.59. The van der Waals surface area contributed by atoms with Gasteiger partial charge >= 0.3 is 0 Å². The van der Waals surface area contributed by atoms with E-state index in [1.165, 1.54) is 0 Å². The summed E-state index contributed by atoms with van der Waals surface area (Å²) in [4.78, 5) is 23.3. The number of nitrogens with one attached hydrogen (secondary N) is 1. The number of anilines is 1. The Labute approximate surface area is 150 Å². The van der Waals surface area contributed by atoms with E-state index in [0.29, 0.717) is 25.6 Å². The number of amides is 1. The van der Waals surface area contributed by atoms with Crippen LogP contribution < -0.4 is 5.32 Å². The first kappa shape index (κ1) is 16.6. The van der Waals surface area contributed by atoms with Gasteiger partial charge in [-0.25, -0.2) is 9.97 Å². The van der Waals surface area contributed by atoms with Crippen LogP contribution in [0.3, 0.4) is 0 Å². The molecule has 4 rings (SSSR count). The van der Waals surface area contributed by atoms with Crippen LogP contribution in [0.5, 0.6) is 0 Å². The zero-order valence-electron chi connectivity index (χ0n) is 14.6. The van der Waals surface area contributed by atoms with E-state index in [1.807, 2.05) is 25.4 Å². The van der Waals surface area contributed by atoms with Crippen molar-refractivity contribution in [2.24, 2.45) is 7.05 Å². The summed E-state index contributed by atoms with van der Waals surface area (Å²) in [6.07, 6.45) is 5.42. The van der Waals surface area contributed by atoms with E-state index in [-0.39, 0.29) is 5.91 Å². The minimum absolute atomic E-state index is 0.0813. The topological polar surface area (TPSA) is 85.2 Å². The standard InChI is InChI=1S/C18H20N6O2/c1-23-11-14(10-20-23)15-3-2-13-9-19-17(8-16(13)21-15)22-18(25)12-24-4-6-26-7-5-24/h2-3,8-11H,4-7,12H2,1H3,(H,19,22,25). The van der Waals surface area contributed by atoms with Crippen molar-refractivity contribution in [2.45, 2.75) is 0 Å². The summed E-state index contributed by atoms with van der Waals surface area (Å²) in [7, 11) is 1.87. The van der Waals surface area contributed by atoms with Crippen LogP contribution in [0.4, 0.5) is 5.82 Å². The Bertz CT molecular complexity index is 932. The van der Waals surface area contributed by atoms with E-state index >= 15 is 0 Å². The lowest BCUT2D eigenvalue weighted by Crippen LogP contribution is -2.41. The number of nitrogens with zero attached hydrogens (tertiary/aromatic N) is 5. The van der Waals surface area contributed by atoms with Crippen molar-refractivity contribution in [2.75, 3.05) is 38.2 Å². The van der Waals surface area contributed by atoms with Gasteiger partial charge in [-0.3, -0.25) is 14.4 Å². The molecule has 0 atom stereocenters. The zero-order chi connectivity index (χ0) is 17.9. The summed E-state index contributed by atoms with van der Waals surface area (Å²) in [5, 5.41) is 7.96. The third-order valence-electron chi connectivity index (χ3n) is 4.31. The van der Waals surface area contributed by atoms with Crippen LogP contribution in [-0.4, -0.2) is 63.4 Å². The number of morpholine rings is 1. The van der Waals surface area contributed by atoms with Crippen LogP contribution in [0.15, 0.2) is 36.8 Å². The molecule has 3 aromatic heterocycles. The highest BCUT2D eigenvalue weighted by atomic mass is 16.5. The van der Waals surface area contributed by atoms with Gasteiger partial charge in [-0.1, -0.05) is 0 Å². The van der Waals surface area contributed by atoms with Crippen molar-refractivity contribution >= 4 is 22.6 Å². The monoisotopic (exact) mass is 352 g/mol. The molecule has 0 aliphatic carbocycles. The lowest BCUT2D eigenvalue weighted by atomic mass is 10.2. The molecule has 0 unspecified atom stereocenters. The number of pyridine rings is 2. The maximum Gasteiger partial charge on any atom is 0.239 e. The van der Waals surface area contributed by atoms with Gasteiger partial charge in [0.05, 0.1) is 37.2 Å². The highest BCUT2D eigenvalue weighted by molar-refractivity contribution is 5.93. The van der Waals surface area contributed by atoms with E-state index < -0.39 is 0 Å². The molecule has 1 saturated heterocycles. The van der Waals surface area contributed by atoms with E-state index in [2.05, 4.69) is 25.3 Å². The number of aryl methyl sites for hydroxylation is 1. The molecule has 1 aliphatic heterocycles. The minimum Gasteiger partial charge on any atom is -0.379 e. The van der Waals surface area contributed by atoms with Crippen molar-refractivity contribution in [1.29, 1.82) is 0 Å². The third-order valence-corrected chi connectivity index (χ3v) is 4.31. The summed E-state index contributed by atoms with van der Waals surface area (Å²) < 4.78 is 7.04. The molecule has 0 spiro atoms. The molecule has 0 radical (unpaired) electrons. The molecule has 1 fully saturated rings. The van der Waals surface area contributed by atoms with Gasteiger partial charge in [0.1, 0.15) is 5.82 Å². The van der Waals surface area contributed by atoms with E-state index in [1.54, 1.807) is 23.1 Å². The summed E-state index contributed by atoms with van der Waals surface area (Å²) in [5.41, 5.74) is 2.56. The fourth-order valence-corrected chi connectivity index (χ4v) is 2.94. The number of aromatic nitrogens is 4. The van der Waals surface area contributed by atoms with Gasteiger partial charge in [0, 0.05) is 49.5 Å². The van der Waals surface area contributed by atoms with Gasteiger partial charge in [0.15, 0.2) is 0 Å². The second kappa shape index (κ2) is 7.19. The van der Waals surface area contributed by atoms with Crippen molar-refractivity contribution in [3.05, 3.63) is 36.8 Å². The summed E-state index contributed by atoms with van der Waals surface area (Å²) >= 11 is 0. The Morgan fingerprint density at radius 3 is 2.88 bits per heavy atom. The maximum atomic E-state index is 12.2. The number of fused-ring (bicyclic) bond motifs is 1. The van der Waals surface area contributed by atoms with Crippen molar-refractivity contribution in [3.63, 3.8) is 0 Å². The number of carbonyl (C=O) groups is 1. The van der Waals surface area contributed by atoms with Crippen molar-refractivity contribution in [1.82, 2.24) is 24.6 Å².